The van der Waals surface area contributed by atoms with Crippen molar-refractivity contribution in [2.24, 2.45) is 0 Å². The summed E-state index contributed by atoms with van der Waals surface area (Å²) in [7, 11) is -2.64. The first-order valence-corrected chi connectivity index (χ1v) is 9.60. The third-order valence-electron chi connectivity index (χ3n) is 3.43. The fraction of sp³-hybridized carbons (Fsp3) is 0.235. The number of carbonyl (C=O) groups excluding carboxylic acids is 1. The molecule has 2 rings (SSSR count). The van der Waals surface area contributed by atoms with Gasteiger partial charge in [0.1, 0.15) is 5.75 Å². The maximum Gasteiger partial charge on any atom is 0.422 e. The van der Waals surface area contributed by atoms with E-state index in [0.717, 1.165) is 4.31 Å². The third kappa shape index (κ3) is 6.39. The van der Waals surface area contributed by atoms with Crippen LogP contribution in [-0.2, 0) is 14.8 Å². The Kier molecular flexibility index (Phi) is 6.91. The summed E-state index contributed by atoms with van der Waals surface area (Å²) in [6.45, 7) is -1.89. The number of rotatable bonds is 7. The van der Waals surface area contributed by atoms with Gasteiger partial charge < -0.3 is 10.1 Å². The number of nitrogens with zero attached hydrogens (tertiary/aromatic N) is 1. The average molecular weight is 437 g/mol. The van der Waals surface area contributed by atoms with Crippen LogP contribution in [0.4, 0.5) is 18.9 Å². The van der Waals surface area contributed by atoms with Crippen LogP contribution in [0, 0.1) is 0 Å². The molecule has 28 heavy (non-hydrogen) atoms. The summed E-state index contributed by atoms with van der Waals surface area (Å²) >= 11 is 5.73. The molecule has 0 fully saturated rings. The van der Waals surface area contributed by atoms with E-state index in [1.807, 2.05) is 0 Å². The third-order valence-corrected chi connectivity index (χ3v) is 5.50. The molecule has 2 aromatic rings. The average Bonchev–Trinajstić information content (AvgIpc) is 2.60. The molecule has 2 aromatic carbocycles. The van der Waals surface area contributed by atoms with Gasteiger partial charge in [-0.1, -0.05) is 11.6 Å². The highest BCUT2D eigenvalue weighted by molar-refractivity contribution is 7.89. The number of ether oxygens (including phenoxy) is 1. The lowest BCUT2D eigenvalue weighted by Gasteiger charge is -2.17. The van der Waals surface area contributed by atoms with E-state index in [2.05, 4.69) is 10.1 Å². The topological polar surface area (TPSA) is 75.7 Å². The number of hydrogen-bond acceptors (Lipinski definition) is 4. The van der Waals surface area contributed by atoms with Gasteiger partial charge in [-0.25, -0.2) is 8.42 Å². The number of halogens is 4. The van der Waals surface area contributed by atoms with Gasteiger partial charge in [0.25, 0.3) is 0 Å². The van der Waals surface area contributed by atoms with Crippen LogP contribution in [0.5, 0.6) is 5.75 Å². The second-order valence-corrected chi connectivity index (χ2v) is 8.17. The zero-order valence-corrected chi connectivity index (χ0v) is 16.1. The lowest BCUT2D eigenvalue weighted by Crippen LogP contribution is -2.34. The van der Waals surface area contributed by atoms with Crippen molar-refractivity contribution in [2.75, 3.05) is 25.5 Å². The zero-order chi connectivity index (χ0) is 20.9. The number of carbonyl (C=O) groups is 1. The summed E-state index contributed by atoms with van der Waals surface area (Å²) < 4.78 is 66.6. The highest BCUT2D eigenvalue weighted by atomic mass is 35.5. The number of alkyl halides is 3. The van der Waals surface area contributed by atoms with Crippen molar-refractivity contribution in [3.05, 3.63) is 53.6 Å². The molecule has 0 radical (unpaired) electrons. The number of sulfonamides is 1. The fourth-order valence-electron chi connectivity index (χ4n) is 2.07. The molecule has 0 atom stereocenters. The van der Waals surface area contributed by atoms with Crippen LogP contribution >= 0.6 is 11.6 Å². The zero-order valence-electron chi connectivity index (χ0n) is 14.5. The Labute approximate surface area is 164 Å². The van der Waals surface area contributed by atoms with Gasteiger partial charge in [-0.2, -0.15) is 17.5 Å². The van der Waals surface area contributed by atoms with Gasteiger partial charge in [-0.3, -0.25) is 4.79 Å². The second kappa shape index (κ2) is 8.80. The molecule has 152 valence electrons. The summed E-state index contributed by atoms with van der Waals surface area (Å²) in [6.07, 6.45) is -4.45. The van der Waals surface area contributed by atoms with Gasteiger partial charge in [0.2, 0.25) is 15.9 Å². The van der Waals surface area contributed by atoms with E-state index in [4.69, 9.17) is 11.6 Å². The Morgan fingerprint density at radius 2 is 1.68 bits per heavy atom. The quantitative estimate of drug-likeness (QED) is 0.720. The molecular formula is C17H16ClF3N2O4S. The van der Waals surface area contributed by atoms with Crippen molar-refractivity contribution in [1.29, 1.82) is 0 Å². The maximum absolute atomic E-state index is 12.4. The first kappa shape index (κ1) is 22.0. The largest absolute Gasteiger partial charge is 0.484 e. The number of nitrogens with one attached hydrogen (secondary N) is 1. The first-order valence-electron chi connectivity index (χ1n) is 7.79. The van der Waals surface area contributed by atoms with Crippen LogP contribution in [0.25, 0.3) is 0 Å². The van der Waals surface area contributed by atoms with Gasteiger partial charge in [0.05, 0.1) is 11.4 Å². The minimum Gasteiger partial charge on any atom is -0.484 e. The van der Waals surface area contributed by atoms with E-state index in [1.165, 1.54) is 55.6 Å². The number of amides is 1. The molecule has 1 amide bonds. The SMILES string of the molecule is CN(CC(=O)Nc1ccc(OCC(F)(F)F)cc1)S(=O)(=O)c1ccc(Cl)cc1. The van der Waals surface area contributed by atoms with Crippen molar-refractivity contribution >= 4 is 33.2 Å². The maximum atomic E-state index is 12.4. The molecule has 0 unspecified atom stereocenters. The predicted molar refractivity (Wildman–Crippen MR) is 97.9 cm³/mol. The molecule has 0 aromatic heterocycles. The summed E-state index contributed by atoms with van der Waals surface area (Å²) in [5, 5.41) is 2.84. The molecule has 0 spiro atoms. The fourth-order valence-corrected chi connectivity index (χ4v) is 3.33. The normalized spacial score (nSPS) is 12.1. The van der Waals surface area contributed by atoms with Gasteiger partial charge in [0, 0.05) is 17.8 Å². The Morgan fingerprint density at radius 3 is 2.21 bits per heavy atom. The Bertz CT molecular complexity index is 917. The molecule has 1 N–H and O–H groups in total. The van der Waals surface area contributed by atoms with Crippen molar-refractivity contribution in [3.63, 3.8) is 0 Å². The van der Waals surface area contributed by atoms with Crippen LogP contribution in [0.1, 0.15) is 0 Å². The van der Waals surface area contributed by atoms with Crippen molar-refractivity contribution in [2.45, 2.75) is 11.1 Å². The van der Waals surface area contributed by atoms with Crippen LogP contribution in [-0.4, -0.2) is 45.0 Å². The molecule has 11 heteroatoms. The van der Waals surface area contributed by atoms with E-state index >= 15 is 0 Å². The van der Waals surface area contributed by atoms with E-state index in [-0.39, 0.29) is 16.3 Å². The highest BCUT2D eigenvalue weighted by Crippen LogP contribution is 2.21. The Balaban J connectivity index is 1.95. The molecule has 0 saturated carbocycles. The number of hydrogen-bond donors (Lipinski definition) is 1. The van der Waals surface area contributed by atoms with Gasteiger partial charge in [-0.05, 0) is 48.5 Å². The van der Waals surface area contributed by atoms with Gasteiger partial charge in [-0.15, -0.1) is 0 Å². The molecule has 0 aliphatic rings. The van der Waals surface area contributed by atoms with Crippen LogP contribution in [0.2, 0.25) is 5.02 Å². The van der Waals surface area contributed by atoms with E-state index in [0.29, 0.717) is 5.02 Å². The monoisotopic (exact) mass is 436 g/mol. The molecular weight excluding hydrogens is 421 g/mol. The number of benzene rings is 2. The van der Waals surface area contributed by atoms with Crippen LogP contribution in [0.15, 0.2) is 53.4 Å². The smallest absolute Gasteiger partial charge is 0.422 e. The second-order valence-electron chi connectivity index (χ2n) is 5.69. The lowest BCUT2D eigenvalue weighted by atomic mass is 10.3. The van der Waals surface area contributed by atoms with Gasteiger partial charge >= 0.3 is 6.18 Å². The minimum atomic E-state index is -4.45. The van der Waals surface area contributed by atoms with Crippen molar-refractivity contribution < 1.29 is 31.1 Å². The molecule has 0 aliphatic heterocycles. The summed E-state index contributed by atoms with van der Waals surface area (Å²) in [6, 6.07) is 10.7. The van der Waals surface area contributed by atoms with E-state index in [1.54, 1.807) is 0 Å². The van der Waals surface area contributed by atoms with Crippen molar-refractivity contribution in [3.8, 4) is 5.75 Å². The van der Waals surface area contributed by atoms with Crippen LogP contribution in [0.3, 0.4) is 0 Å². The molecule has 0 saturated heterocycles. The lowest BCUT2D eigenvalue weighted by molar-refractivity contribution is -0.153. The highest BCUT2D eigenvalue weighted by Gasteiger charge is 2.28. The van der Waals surface area contributed by atoms with E-state index < -0.39 is 35.3 Å². The first-order chi connectivity index (χ1) is 13.0. The molecule has 6 nitrogen and oxygen atoms in total. The Hall–Kier alpha value is -2.30. The standard InChI is InChI=1S/C17H16ClF3N2O4S/c1-23(28(25,26)15-8-2-12(18)3-9-15)10-16(24)22-13-4-6-14(7-5-13)27-11-17(19,20)21/h2-9H,10-11H2,1H3,(H,22,24). The van der Waals surface area contributed by atoms with Gasteiger partial charge in [0.15, 0.2) is 6.61 Å². The van der Waals surface area contributed by atoms with Crippen molar-refractivity contribution in [1.82, 2.24) is 4.31 Å². The molecule has 0 bridgehead atoms. The summed E-state index contributed by atoms with van der Waals surface area (Å²) in [5.74, 6) is -0.637. The summed E-state index contributed by atoms with van der Waals surface area (Å²) in [4.78, 5) is 12.1. The Morgan fingerprint density at radius 1 is 1.11 bits per heavy atom. The molecule has 0 heterocycles. The predicted octanol–water partition coefficient (Wildman–Crippen LogP) is 3.54. The number of likely N-dealkylation sites (N-methyl/N-ethyl adjacent to an activating group) is 1. The number of anilines is 1. The molecule has 0 aliphatic carbocycles. The van der Waals surface area contributed by atoms with E-state index in [9.17, 15) is 26.4 Å². The van der Waals surface area contributed by atoms with Crippen LogP contribution < -0.4 is 10.1 Å². The summed E-state index contributed by atoms with van der Waals surface area (Å²) in [5.41, 5.74) is 0.279. The minimum absolute atomic E-state index is 0.0154.